The van der Waals surface area contributed by atoms with E-state index in [-0.39, 0.29) is 11.4 Å². The van der Waals surface area contributed by atoms with Crippen LogP contribution in [0.2, 0.25) is 5.02 Å². The number of thiophene rings is 1. The van der Waals surface area contributed by atoms with Gasteiger partial charge >= 0.3 is 0 Å². The highest BCUT2D eigenvalue weighted by molar-refractivity contribution is 7.89. The van der Waals surface area contributed by atoms with Gasteiger partial charge in [-0.15, -0.1) is 0 Å². The maximum Gasteiger partial charge on any atom is 0.241 e. The lowest BCUT2D eigenvalue weighted by atomic mass is 10.1. The fourth-order valence-electron chi connectivity index (χ4n) is 2.35. The fourth-order valence-corrected chi connectivity index (χ4v) is 4.51. The molecule has 0 saturated carbocycles. The predicted octanol–water partition coefficient (Wildman–Crippen LogP) is 4.25. The lowest BCUT2D eigenvalue weighted by molar-refractivity contribution is 0.580. The van der Waals surface area contributed by atoms with Crippen LogP contribution in [0, 0.1) is 6.92 Å². The Hall–Kier alpha value is -1.73. The Bertz CT molecular complexity index is 954. The van der Waals surface area contributed by atoms with Gasteiger partial charge in [0.15, 0.2) is 0 Å². The first-order valence-corrected chi connectivity index (χ1v) is 10.00. The molecule has 3 aromatic rings. The smallest absolute Gasteiger partial charge is 0.241 e. The molecule has 0 bridgehead atoms. The van der Waals surface area contributed by atoms with Crippen molar-refractivity contribution in [1.29, 1.82) is 0 Å². The molecule has 0 amide bonds. The molecule has 1 aromatic carbocycles. The monoisotopic (exact) mass is 378 g/mol. The third-order valence-corrected chi connectivity index (χ3v) is 6.04. The Morgan fingerprint density at radius 2 is 2.08 bits per heavy atom. The fraction of sp³-hybridized carbons (Fsp3) is 0.118. The van der Waals surface area contributed by atoms with Crippen molar-refractivity contribution in [2.24, 2.45) is 0 Å². The highest BCUT2D eigenvalue weighted by Crippen LogP contribution is 2.24. The van der Waals surface area contributed by atoms with E-state index in [1.165, 1.54) is 6.07 Å². The van der Waals surface area contributed by atoms with Crippen molar-refractivity contribution >= 4 is 33.0 Å². The van der Waals surface area contributed by atoms with Gasteiger partial charge in [-0.2, -0.15) is 11.3 Å². The molecule has 124 valence electrons. The first-order valence-electron chi connectivity index (χ1n) is 7.19. The maximum absolute atomic E-state index is 12.6. The molecule has 0 atom stereocenters. The molecule has 0 aliphatic carbocycles. The molecule has 0 unspecified atom stereocenters. The molecular formula is C17H15ClN2O2S2. The Kier molecular flexibility index (Phi) is 5.01. The highest BCUT2D eigenvalue weighted by atomic mass is 35.5. The maximum atomic E-state index is 12.6. The van der Waals surface area contributed by atoms with E-state index in [9.17, 15) is 8.42 Å². The Morgan fingerprint density at radius 1 is 1.25 bits per heavy atom. The molecule has 7 heteroatoms. The van der Waals surface area contributed by atoms with E-state index in [1.807, 2.05) is 22.9 Å². The summed E-state index contributed by atoms with van der Waals surface area (Å²) in [5, 5.41) is 4.34. The largest absolute Gasteiger partial charge is 0.256 e. The van der Waals surface area contributed by atoms with Crippen LogP contribution in [0.1, 0.15) is 11.1 Å². The number of aromatic nitrogens is 1. The third-order valence-electron chi connectivity index (χ3n) is 3.58. The number of hydrogen-bond donors (Lipinski definition) is 1. The van der Waals surface area contributed by atoms with Crippen LogP contribution in [-0.4, -0.2) is 13.4 Å². The van der Waals surface area contributed by atoms with Gasteiger partial charge < -0.3 is 0 Å². The summed E-state index contributed by atoms with van der Waals surface area (Å²) in [5.41, 5.74) is 3.23. The molecule has 2 aromatic heterocycles. The lowest BCUT2D eigenvalue weighted by Gasteiger charge is -2.11. The second-order valence-corrected chi connectivity index (χ2v) is 8.21. The number of nitrogens with zero attached hydrogens (tertiary/aromatic N) is 1. The van der Waals surface area contributed by atoms with Gasteiger partial charge in [0.25, 0.3) is 0 Å². The van der Waals surface area contributed by atoms with Crippen molar-refractivity contribution in [3.63, 3.8) is 0 Å². The zero-order chi connectivity index (χ0) is 17.2. The van der Waals surface area contributed by atoms with Gasteiger partial charge in [0.05, 0.1) is 10.6 Å². The molecule has 0 aliphatic heterocycles. The molecule has 3 rings (SSSR count). The summed E-state index contributed by atoms with van der Waals surface area (Å²) in [7, 11) is -3.66. The van der Waals surface area contributed by atoms with E-state index < -0.39 is 10.0 Å². The second kappa shape index (κ2) is 7.03. The number of halogens is 1. The second-order valence-electron chi connectivity index (χ2n) is 5.26. The van der Waals surface area contributed by atoms with E-state index in [0.29, 0.717) is 10.6 Å². The van der Waals surface area contributed by atoms with Crippen molar-refractivity contribution < 1.29 is 8.42 Å². The lowest BCUT2D eigenvalue weighted by Crippen LogP contribution is -2.24. The summed E-state index contributed by atoms with van der Waals surface area (Å²) in [4.78, 5) is 4.57. The van der Waals surface area contributed by atoms with Gasteiger partial charge in [0.2, 0.25) is 10.0 Å². The molecule has 0 aliphatic rings. The Balaban J connectivity index is 1.87. The van der Waals surface area contributed by atoms with Gasteiger partial charge in [-0.05, 0) is 47.7 Å². The van der Waals surface area contributed by atoms with Crippen molar-refractivity contribution in [1.82, 2.24) is 9.71 Å². The minimum Gasteiger partial charge on any atom is -0.256 e. The van der Waals surface area contributed by atoms with Crippen LogP contribution in [0.5, 0.6) is 0 Å². The van der Waals surface area contributed by atoms with Crippen molar-refractivity contribution in [3.8, 4) is 11.3 Å². The number of pyridine rings is 1. The van der Waals surface area contributed by atoms with E-state index in [4.69, 9.17) is 11.6 Å². The Morgan fingerprint density at radius 3 is 2.83 bits per heavy atom. The SMILES string of the molecule is Cc1ccc(Cl)cc1S(=O)(=O)NCc1cccnc1-c1ccsc1. The molecule has 1 N–H and O–H groups in total. The van der Waals surface area contributed by atoms with Gasteiger partial charge in [0.1, 0.15) is 0 Å². The normalized spacial score (nSPS) is 11.6. The average Bonchev–Trinajstić information content (AvgIpc) is 3.10. The van der Waals surface area contributed by atoms with E-state index in [2.05, 4.69) is 9.71 Å². The van der Waals surface area contributed by atoms with Gasteiger partial charge in [-0.1, -0.05) is 23.7 Å². The Labute approximate surface area is 150 Å². The number of benzene rings is 1. The molecule has 0 spiro atoms. The summed E-state index contributed by atoms with van der Waals surface area (Å²) < 4.78 is 27.8. The summed E-state index contributed by atoms with van der Waals surface area (Å²) in [6, 6.07) is 10.5. The summed E-state index contributed by atoms with van der Waals surface area (Å²) in [6.07, 6.45) is 1.70. The van der Waals surface area contributed by atoms with Crippen LogP contribution in [0.3, 0.4) is 0 Å². The number of hydrogen-bond acceptors (Lipinski definition) is 4. The predicted molar refractivity (Wildman–Crippen MR) is 97.8 cm³/mol. The van der Waals surface area contributed by atoms with Gasteiger partial charge in [-0.25, -0.2) is 13.1 Å². The van der Waals surface area contributed by atoms with Crippen molar-refractivity contribution in [2.45, 2.75) is 18.4 Å². The number of sulfonamides is 1. The average molecular weight is 379 g/mol. The minimum absolute atomic E-state index is 0.160. The van der Waals surface area contributed by atoms with Crippen LogP contribution < -0.4 is 4.72 Å². The van der Waals surface area contributed by atoms with E-state index >= 15 is 0 Å². The number of nitrogens with one attached hydrogen (secondary N) is 1. The van der Waals surface area contributed by atoms with E-state index in [0.717, 1.165) is 16.8 Å². The van der Waals surface area contributed by atoms with Crippen molar-refractivity contribution in [3.05, 3.63) is 69.5 Å². The van der Waals surface area contributed by atoms with Crippen LogP contribution in [-0.2, 0) is 16.6 Å². The molecule has 0 fully saturated rings. The summed E-state index contributed by atoms with van der Waals surface area (Å²) >= 11 is 7.51. The summed E-state index contributed by atoms with van der Waals surface area (Å²) in [6.45, 7) is 1.90. The first kappa shape index (κ1) is 17.1. The third kappa shape index (κ3) is 3.67. The molecule has 0 radical (unpaired) electrons. The summed E-state index contributed by atoms with van der Waals surface area (Å²) in [5.74, 6) is 0. The van der Waals surface area contributed by atoms with Crippen LogP contribution in [0.4, 0.5) is 0 Å². The zero-order valence-electron chi connectivity index (χ0n) is 12.9. The standard InChI is InChI=1S/C17H15ClN2O2S2/c1-12-4-5-15(18)9-16(12)24(21,22)20-10-13-3-2-7-19-17(13)14-6-8-23-11-14/h2-9,11,20H,10H2,1H3. The molecule has 24 heavy (non-hydrogen) atoms. The zero-order valence-corrected chi connectivity index (χ0v) is 15.3. The topological polar surface area (TPSA) is 59.1 Å². The van der Waals surface area contributed by atoms with Crippen LogP contribution in [0.15, 0.2) is 58.3 Å². The first-order chi connectivity index (χ1) is 11.5. The number of rotatable bonds is 5. The molecule has 0 saturated heterocycles. The van der Waals surface area contributed by atoms with Crippen molar-refractivity contribution in [2.75, 3.05) is 0 Å². The quantitative estimate of drug-likeness (QED) is 0.722. The van der Waals surface area contributed by atoms with Gasteiger partial charge in [0, 0.05) is 28.7 Å². The molecule has 2 heterocycles. The van der Waals surface area contributed by atoms with Gasteiger partial charge in [-0.3, -0.25) is 4.98 Å². The van der Waals surface area contributed by atoms with Crippen LogP contribution >= 0.6 is 22.9 Å². The minimum atomic E-state index is -3.66. The number of aryl methyl sites for hydroxylation is 1. The molecular weight excluding hydrogens is 364 g/mol. The molecule has 4 nitrogen and oxygen atoms in total. The van der Waals surface area contributed by atoms with Crippen LogP contribution in [0.25, 0.3) is 11.3 Å². The van der Waals surface area contributed by atoms with E-state index in [1.54, 1.807) is 42.7 Å². The highest BCUT2D eigenvalue weighted by Gasteiger charge is 2.18.